The molecule has 0 bridgehead atoms. The molecule has 0 unspecified atom stereocenters. The van der Waals surface area contributed by atoms with E-state index in [4.69, 9.17) is 0 Å². The third-order valence-corrected chi connectivity index (χ3v) is 16.1. The van der Waals surface area contributed by atoms with E-state index in [0.717, 1.165) is 0 Å². The summed E-state index contributed by atoms with van der Waals surface area (Å²) in [7, 11) is 0. The van der Waals surface area contributed by atoms with Crippen molar-refractivity contribution in [1.82, 2.24) is 0 Å². The van der Waals surface area contributed by atoms with Gasteiger partial charge in [0.1, 0.15) is 0 Å². The van der Waals surface area contributed by atoms with Gasteiger partial charge in [0.15, 0.2) is 0 Å². The molecule has 16 aromatic carbocycles. The lowest BCUT2D eigenvalue weighted by molar-refractivity contribution is 1.56. The van der Waals surface area contributed by atoms with Gasteiger partial charge in [-0.05, 0) is 182 Å². The van der Waals surface area contributed by atoms with Crippen LogP contribution in [0.5, 0.6) is 0 Å². The quantitative estimate of drug-likeness (QED) is 0.146. The molecular weight excluding hydrogens is 865 g/mol. The molecule has 0 aliphatic heterocycles. The summed E-state index contributed by atoms with van der Waals surface area (Å²) < 4.78 is 0. The number of rotatable bonds is 6. The predicted octanol–water partition coefficient (Wildman–Crippen LogP) is 20.4. The molecule has 0 radical (unpaired) electrons. The van der Waals surface area contributed by atoms with Crippen molar-refractivity contribution >= 4 is 97.0 Å². The van der Waals surface area contributed by atoms with E-state index in [-0.39, 0.29) is 0 Å². The van der Waals surface area contributed by atoms with Crippen molar-refractivity contribution in [3.63, 3.8) is 0 Å². The van der Waals surface area contributed by atoms with Gasteiger partial charge in [-0.2, -0.15) is 0 Å². The van der Waals surface area contributed by atoms with Crippen molar-refractivity contribution in [3.05, 3.63) is 255 Å². The fourth-order valence-corrected chi connectivity index (χ4v) is 12.6. The molecule has 0 N–H and O–H groups in total. The first kappa shape index (κ1) is 39.5. The standard InChI is InChI=1S/C72H42/c1-4-49-22-25-55-28-34-61(64-37-31-52(7-1)67(49)70(55)64)46-16-10-43(11-17-46)58-40-59(44-12-18-47(19-13-44)62-35-29-56-26-23-50-5-2-8-53-32-38-65(62)71(56)68(50)53)42-60(41-58)45-14-20-48(21-15-45)63-36-30-57-27-24-51-6-3-9-54-33-39-66(63)72(57)69(51)54/h1-42H. The summed E-state index contributed by atoms with van der Waals surface area (Å²) in [4.78, 5) is 0. The molecule has 0 nitrogen and oxygen atoms in total. The van der Waals surface area contributed by atoms with Crippen LogP contribution in [-0.4, -0.2) is 0 Å². The highest BCUT2D eigenvalue weighted by Crippen LogP contribution is 2.44. The average Bonchev–Trinajstić information content (AvgIpc) is 3.45. The van der Waals surface area contributed by atoms with Crippen LogP contribution in [0.2, 0.25) is 0 Å². The van der Waals surface area contributed by atoms with Gasteiger partial charge >= 0.3 is 0 Å². The van der Waals surface area contributed by atoms with E-state index >= 15 is 0 Å². The predicted molar refractivity (Wildman–Crippen MR) is 310 cm³/mol. The van der Waals surface area contributed by atoms with Crippen molar-refractivity contribution in [2.45, 2.75) is 0 Å². The van der Waals surface area contributed by atoms with Crippen molar-refractivity contribution in [1.29, 1.82) is 0 Å². The Bertz CT molecular complexity index is 4260. The molecule has 0 amide bonds. The zero-order valence-corrected chi connectivity index (χ0v) is 39.2. The van der Waals surface area contributed by atoms with Crippen LogP contribution in [0.15, 0.2) is 255 Å². The Labute approximate surface area is 416 Å². The summed E-state index contributed by atoms with van der Waals surface area (Å²) in [6.45, 7) is 0. The topological polar surface area (TPSA) is 0 Å². The van der Waals surface area contributed by atoms with Crippen molar-refractivity contribution in [3.8, 4) is 66.8 Å². The zero-order valence-electron chi connectivity index (χ0n) is 39.2. The molecule has 0 heteroatoms. The Kier molecular flexibility index (Phi) is 8.26. The minimum atomic E-state index is 1.19. The number of hydrogen-bond acceptors (Lipinski definition) is 0. The molecule has 0 heterocycles. The lowest BCUT2D eigenvalue weighted by atomic mass is 9.88. The van der Waals surface area contributed by atoms with E-state index in [2.05, 4.69) is 255 Å². The summed E-state index contributed by atoms with van der Waals surface area (Å²) >= 11 is 0. The zero-order chi connectivity index (χ0) is 47.0. The van der Waals surface area contributed by atoms with Crippen molar-refractivity contribution < 1.29 is 0 Å². The normalized spacial score (nSPS) is 12.2. The van der Waals surface area contributed by atoms with Gasteiger partial charge in [-0.15, -0.1) is 0 Å². The molecular formula is C72H42. The van der Waals surface area contributed by atoms with Crippen LogP contribution in [0.1, 0.15) is 0 Å². The van der Waals surface area contributed by atoms with Gasteiger partial charge < -0.3 is 0 Å². The lowest BCUT2D eigenvalue weighted by Gasteiger charge is -2.16. The SMILES string of the molecule is c1cc2ccc3ccc(-c4ccc(-c5cc(-c6ccc(-c7ccc8ccc9cccc%10ccc7c8c9%10)cc6)cc(-c6ccc(-c7ccc8ccc9cccc%10ccc7c8c9%10)cc6)c5)cc4)c4ccc(c1)c2c34. The molecule has 0 atom stereocenters. The second kappa shape index (κ2) is 15.1. The number of benzene rings is 16. The fraction of sp³-hybridized carbons (Fsp3) is 0. The Morgan fingerprint density at radius 2 is 0.347 bits per heavy atom. The van der Waals surface area contributed by atoms with E-state index in [1.54, 1.807) is 0 Å². The largest absolute Gasteiger partial charge is 0.0610 e. The molecule has 16 rings (SSSR count). The summed E-state index contributed by atoms with van der Waals surface area (Å²) in [6.07, 6.45) is 0. The summed E-state index contributed by atoms with van der Waals surface area (Å²) in [6, 6.07) is 95.8. The van der Waals surface area contributed by atoms with Crippen LogP contribution in [0.25, 0.3) is 164 Å². The van der Waals surface area contributed by atoms with E-state index in [9.17, 15) is 0 Å². The number of hydrogen-bond donors (Lipinski definition) is 0. The first-order valence-corrected chi connectivity index (χ1v) is 25.1. The molecule has 0 aromatic heterocycles. The van der Waals surface area contributed by atoms with Gasteiger partial charge in [-0.1, -0.05) is 237 Å². The van der Waals surface area contributed by atoms with Crippen LogP contribution >= 0.6 is 0 Å². The molecule has 0 saturated heterocycles. The molecule has 330 valence electrons. The molecule has 0 aliphatic rings. The molecule has 0 aliphatic carbocycles. The summed E-state index contributed by atoms with van der Waals surface area (Å²) in [5.41, 5.74) is 14.6. The van der Waals surface area contributed by atoms with Gasteiger partial charge in [-0.25, -0.2) is 0 Å². The minimum Gasteiger partial charge on any atom is -0.0610 e. The van der Waals surface area contributed by atoms with Gasteiger partial charge in [0.25, 0.3) is 0 Å². The van der Waals surface area contributed by atoms with Crippen LogP contribution < -0.4 is 0 Å². The third-order valence-electron chi connectivity index (χ3n) is 16.1. The van der Waals surface area contributed by atoms with Gasteiger partial charge in [0, 0.05) is 0 Å². The molecule has 16 aromatic rings. The Morgan fingerprint density at radius 3 is 0.611 bits per heavy atom. The fourth-order valence-electron chi connectivity index (χ4n) is 12.6. The van der Waals surface area contributed by atoms with E-state index < -0.39 is 0 Å². The van der Waals surface area contributed by atoms with Crippen molar-refractivity contribution in [2.75, 3.05) is 0 Å². The molecule has 0 saturated carbocycles. The van der Waals surface area contributed by atoms with E-state index in [1.165, 1.54) is 164 Å². The van der Waals surface area contributed by atoms with Crippen LogP contribution in [-0.2, 0) is 0 Å². The Morgan fingerprint density at radius 1 is 0.139 bits per heavy atom. The Balaban J connectivity index is 0.808. The maximum atomic E-state index is 2.37. The second-order valence-electron chi connectivity index (χ2n) is 19.9. The first-order chi connectivity index (χ1) is 35.6. The first-order valence-electron chi connectivity index (χ1n) is 25.1. The molecule has 0 fully saturated rings. The van der Waals surface area contributed by atoms with Gasteiger partial charge in [-0.3, -0.25) is 0 Å². The van der Waals surface area contributed by atoms with E-state index in [1.807, 2.05) is 0 Å². The monoisotopic (exact) mass is 906 g/mol. The molecule has 72 heavy (non-hydrogen) atoms. The smallest absolute Gasteiger partial charge is 0.00206 e. The van der Waals surface area contributed by atoms with Crippen molar-refractivity contribution in [2.24, 2.45) is 0 Å². The highest BCUT2D eigenvalue weighted by Gasteiger charge is 2.17. The van der Waals surface area contributed by atoms with E-state index in [0.29, 0.717) is 0 Å². The third kappa shape index (κ3) is 5.87. The van der Waals surface area contributed by atoms with Gasteiger partial charge in [0.05, 0.1) is 0 Å². The summed E-state index contributed by atoms with van der Waals surface area (Å²) in [5, 5.41) is 23.6. The van der Waals surface area contributed by atoms with Crippen LogP contribution in [0, 0.1) is 0 Å². The van der Waals surface area contributed by atoms with Crippen LogP contribution in [0.4, 0.5) is 0 Å². The maximum absolute atomic E-state index is 2.37. The highest BCUT2D eigenvalue weighted by molar-refractivity contribution is 6.28. The minimum absolute atomic E-state index is 1.19. The average molecular weight is 907 g/mol. The van der Waals surface area contributed by atoms with Gasteiger partial charge in [0.2, 0.25) is 0 Å². The van der Waals surface area contributed by atoms with Crippen LogP contribution in [0.3, 0.4) is 0 Å². The Hall–Kier alpha value is -9.36. The maximum Gasteiger partial charge on any atom is -0.00206 e. The molecule has 0 spiro atoms. The highest BCUT2D eigenvalue weighted by atomic mass is 14.2. The second-order valence-corrected chi connectivity index (χ2v) is 19.9. The lowest BCUT2D eigenvalue weighted by Crippen LogP contribution is -1.89. The summed E-state index contributed by atoms with van der Waals surface area (Å²) in [5.74, 6) is 0.